The largest absolute Gasteiger partial charge is 0.497 e. The van der Waals surface area contributed by atoms with E-state index in [0.717, 1.165) is 16.9 Å². The Balaban J connectivity index is 1.45. The molecule has 0 saturated carbocycles. The van der Waals surface area contributed by atoms with Crippen LogP contribution in [0.5, 0.6) is 5.75 Å². The van der Waals surface area contributed by atoms with E-state index in [2.05, 4.69) is 15.7 Å². The van der Waals surface area contributed by atoms with Gasteiger partial charge in [0.2, 0.25) is 0 Å². The lowest BCUT2D eigenvalue weighted by molar-refractivity contribution is 0.0195. The van der Waals surface area contributed by atoms with E-state index in [1.54, 1.807) is 7.11 Å². The molecule has 6 N–H and O–H groups in total. The Kier molecular flexibility index (Phi) is 9.39. The molecule has 0 unspecified atom stereocenters. The van der Waals surface area contributed by atoms with E-state index in [1.165, 1.54) is 0 Å². The van der Waals surface area contributed by atoms with Crippen molar-refractivity contribution in [1.29, 1.82) is 5.41 Å². The number of hydrogen-bond donors (Lipinski definition) is 5. The quantitative estimate of drug-likeness (QED) is 0.188. The number of carbonyl (C=O) groups is 1. The van der Waals surface area contributed by atoms with Crippen LogP contribution < -0.4 is 21.2 Å². The lowest BCUT2D eigenvalue weighted by atomic mass is 10.0. The van der Waals surface area contributed by atoms with Crippen molar-refractivity contribution >= 4 is 17.5 Å². The Bertz CT molecular complexity index is 967. The number of aliphatic hydroxyl groups excluding tert-OH is 1. The zero-order valence-corrected chi connectivity index (χ0v) is 19.1. The SMILES string of the molecule is COc1ccc(C[C@H]2NC[C@H](O)[C@H]2OC(=O)NC/C(=N/N)C(=N)COCc2ccccc2)cc1. The van der Waals surface area contributed by atoms with Crippen molar-refractivity contribution in [2.75, 3.05) is 26.8 Å². The third kappa shape index (κ3) is 7.27. The smallest absolute Gasteiger partial charge is 0.407 e. The van der Waals surface area contributed by atoms with Crippen molar-refractivity contribution in [2.24, 2.45) is 10.9 Å². The molecule has 3 rings (SSSR count). The standard InChI is InChI=1S/C24H31N5O5/c1-32-18-9-7-16(8-10-18)11-20-23(22(30)13-27-20)34-24(31)28-12-21(29-26)19(25)15-33-14-17-5-3-2-4-6-17/h2-10,20,22-23,25,27,30H,11-15,26H2,1H3,(H,28,31)/b25-19?,29-21-/t20-,22+,23+/m1/s1. The van der Waals surface area contributed by atoms with Gasteiger partial charge >= 0.3 is 6.09 Å². The fourth-order valence-corrected chi connectivity index (χ4v) is 3.62. The molecule has 0 bridgehead atoms. The molecule has 0 aromatic heterocycles. The molecule has 2 aromatic carbocycles. The van der Waals surface area contributed by atoms with E-state index >= 15 is 0 Å². The van der Waals surface area contributed by atoms with Gasteiger partial charge < -0.3 is 41.2 Å². The van der Waals surface area contributed by atoms with E-state index in [0.29, 0.717) is 19.6 Å². The minimum absolute atomic E-state index is 0.00313. The van der Waals surface area contributed by atoms with Gasteiger partial charge in [0.25, 0.3) is 0 Å². The zero-order valence-electron chi connectivity index (χ0n) is 19.1. The van der Waals surface area contributed by atoms with Crippen LogP contribution >= 0.6 is 0 Å². The lowest BCUT2D eigenvalue weighted by Crippen LogP contribution is -2.43. The minimum Gasteiger partial charge on any atom is -0.497 e. The number of alkyl carbamates (subject to hydrolysis) is 1. The molecule has 3 atom stereocenters. The van der Waals surface area contributed by atoms with E-state index in [4.69, 9.17) is 25.5 Å². The maximum Gasteiger partial charge on any atom is 0.407 e. The number of hydrogen-bond acceptors (Lipinski definition) is 9. The molecular weight excluding hydrogens is 438 g/mol. The molecule has 10 nitrogen and oxygen atoms in total. The molecular formula is C24H31N5O5. The first-order chi connectivity index (χ1) is 16.5. The number of methoxy groups -OCH3 is 1. The highest BCUT2D eigenvalue weighted by molar-refractivity contribution is 6.42. The van der Waals surface area contributed by atoms with Gasteiger partial charge in [0.05, 0.1) is 38.6 Å². The van der Waals surface area contributed by atoms with Gasteiger partial charge in [-0.1, -0.05) is 42.5 Å². The number of aliphatic hydroxyl groups is 1. The molecule has 0 spiro atoms. The van der Waals surface area contributed by atoms with Crippen LogP contribution in [0.4, 0.5) is 4.79 Å². The molecule has 2 aromatic rings. The van der Waals surface area contributed by atoms with Crippen molar-refractivity contribution in [1.82, 2.24) is 10.6 Å². The molecule has 1 heterocycles. The number of benzene rings is 2. The van der Waals surface area contributed by atoms with E-state index in [1.807, 2.05) is 54.6 Å². The normalized spacial score (nSPS) is 20.1. The number of β-amino-alcohol motifs (C(OH)–C–C–N with tert-alkyl or cyclic N) is 1. The minimum atomic E-state index is -0.832. The molecule has 0 aliphatic carbocycles. The number of rotatable bonds is 11. The summed E-state index contributed by atoms with van der Waals surface area (Å²) in [6, 6.07) is 16.9. The van der Waals surface area contributed by atoms with Crippen LogP contribution in [-0.2, 0) is 22.5 Å². The van der Waals surface area contributed by atoms with E-state index in [-0.39, 0.29) is 30.6 Å². The Morgan fingerprint density at radius 1 is 1.21 bits per heavy atom. The number of nitrogens with two attached hydrogens (primary N) is 1. The third-order valence-corrected chi connectivity index (χ3v) is 5.49. The number of hydrazone groups is 1. The summed E-state index contributed by atoms with van der Waals surface area (Å²) in [5.41, 5.74) is 2.22. The molecule has 0 radical (unpaired) electrons. The first-order valence-electron chi connectivity index (χ1n) is 10.9. The van der Waals surface area contributed by atoms with Crippen LogP contribution in [0.1, 0.15) is 11.1 Å². The van der Waals surface area contributed by atoms with Crippen LogP contribution in [0.3, 0.4) is 0 Å². The highest BCUT2D eigenvalue weighted by Gasteiger charge is 2.37. The number of nitrogens with one attached hydrogen (secondary N) is 3. The molecule has 182 valence electrons. The number of nitrogens with zero attached hydrogens (tertiary/aromatic N) is 1. The van der Waals surface area contributed by atoms with Crippen LogP contribution in [-0.4, -0.2) is 67.7 Å². The van der Waals surface area contributed by atoms with Crippen molar-refractivity contribution < 1.29 is 24.1 Å². The summed E-state index contributed by atoms with van der Waals surface area (Å²) >= 11 is 0. The van der Waals surface area contributed by atoms with Gasteiger partial charge in [0.1, 0.15) is 23.7 Å². The molecule has 34 heavy (non-hydrogen) atoms. The predicted octanol–water partition coefficient (Wildman–Crippen LogP) is 1.22. The van der Waals surface area contributed by atoms with Crippen LogP contribution in [0.2, 0.25) is 0 Å². The van der Waals surface area contributed by atoms with E-state index in [9.17, 15) is 9.90 Å². The zero-order chi connectivity index (χ0) is 24.3. The van der Waals surface area contributed by atoms with Gasteiger partial charge in [-0.25, -0.2) is 4.79 Å². The van der Waals surface area contributed by atoms with Crippen LogP contribution in [0, 0.1) is 5.41 Å². The molecule has 1 amide bonds. The van der Waals surface area contributed by atoms with Gasteiger partial charge in [-0.15, -0.1) is 0 Å². The van der Waals surface area contributed by atoms with Crippen molar-refractivity contribution in [2.45, 2.75) is 31.3 Å². The monoisotopic (exact) mass is 469 g/mol. The lowest BCUT2D eigenvalue weighted by Gasteiger charge is -2.22. The number of ether oxygens (including phenoxy) is 3. The fraction of sp³-hybridized carbons (Fsp3) is 0.375. The molecule has 1 saturated heterocycles. The Morgan fingerprint density at radius 3 is 2.62 bits per heavy atom. The average Bonchev–Trinajstić information content (AvgIpc) is 3.19. The summed E-state index contributed by atoms with van der Waals surface area (Å²) in [4.78, 5) is 12.4. The van der Waals surface area contributed by atoms with Crippen LogP contribution in [0.25, 0.3) is 0 Å². The van der Waals surface area contributed by atoms with E-state index < -0.39 is 18.3 Å². The van der Waals surface area contributed by atoms with Crippen LogP contribution in [0.15, 0.2) is 59.7 Å². The van der Waals surface area contributed by atoms with Crippen molar-refractivity contribution in [3.05, 3.63) is 65.7 Å². The average molecular weight is 470 g/mol. The summed E-state index contributed by atoms with van der Waals surface area (Å²) in [5.74, 6) is 6.15. The second-order valence-electron chi connectivity index (χ2n) is 7.89. The maximum atomic E-state index is 12.4. The molecule has 10 heteroatoms. The summed E-state index contributed by atoms with van der Waals surface area (Å²) in [5, 5.41) is 27.7. The molecule has 1 aliphatic heterocycles. The van der Waals surface area contributed by atoms with Gasteiger partial charge in [-0.05, 0) is 29.7 Å². The molecule has 1 aliphatic rings. The Hall–Kier alpha value is -3.47. The first-order valence-corrected chi connectivity index (χ1v) is 10.9. The number of amides is 1. The number of carbonyl (C=O) groups excluding carboxylic acids is 1. The first kappa shape index (κ1) is 25.2. The second kappa shape index (κ2) is 12.7. The topological polar surface area (TPSA) is 151 Å². The summed E-state index contributed by atoms with van der Waals surface area (Å²) in [6.07, 6.45) is -1.72. The van der Waals surface area contributed by atoms with Gasteiger partial charge in [-0.2, -0.15) is 5.10 Å². The summed E-state index contributed by atoms with van der Waals surface area (Å²) in [6.45, 7) is 0.565. The van der Waals surface area contributed by atoms with Gasteiger partial charge in [0.15, 0.2) is 0 Å². The van der Waals surface area contributed by atoms with Gasteiger partial charge in [-0.3, -0.25) is 0 Å². The highest BCUT2D eigenvalue weighted by Crippen LogP contribution is 2.19. The highest BCUT2D eigenvalue weighted by atomic mass is 16.6. The molecule has 1 fully saturated rings. The van der Waals surface area contributed by atoms with Crippen molar-refractivity contribution in [3.8, 4) is 5.75 Å². The maximum absolute atomic E-state index is 12.4. The Labute approximate surface area is 198 Å². The second-order valence-corrected chi connectivity index (χ2v) is 7.89. The summed E-state index contributed by atoms with van der Waals surface area (Å²) < 4.78 is 16.2. The fourth-order valence-electron chi connectivity index (χ4n) is 3.62. The third-order valence-electron chi connectivity index (χ3n) is 5.49. The predicted molar refractivity (Wildman–Crippen MR) is 128 cm³/mol. The summed E-state index contributed by atoms with van der Waals surface area (Å²) in [7, 11) is 1.60. The van der Waals surface area contributed by atoms with Crippen molar-refractivity contribution in [3.63, 3.8) is 0 Å². The Morgan fingerprint density at radius 2 is 1.94 bits per heavy atom. The van der Waals surface area contributed by atoms with Gasteiger partial charge in [0, 0.05) is 6.54 Å².